The number of aliphatic imine (C=N–C) groups is 1. The van der Waals surface area contributed by atoms with Gasteiger partial charge in [0, 0.05) is 51.7 Å². The van der Waals surface area contributed by atoms with E-state index in [0.29, 0.717) is 19.0 Å². The van der Waals surface area contributed by atoms with Crippen molar-refractivity contribution in [1.82, 2.24) is 20.4 Å². The number of carbonyl (C=O) groups excluding carboxylic acids is 1. The minimum atomic E-state index is 0.252. The van der Waals surface area contributed by atoms with Gasteiger partial charge in [-0.2, -0.15) is 0 Å². The molecule has 1 aromatic carbocycles. The number of guanidine groups is 1. The number of carbonyl (C=O) groups is 1. The van der Waals surface area contributed by atoms with Gasteiger partial charge in [0.05, 0.1) is 0 Å². The molecule has 2 aliphatic rings. The van der Waals surface area contributed by atoms with E-state index >= 15 is 0 Å². The van der Waals surface area contributed by atoms with Crippen LogP contribution in [0.25, 0.3) is 0 Å². The van der Waals surface area contributed by atoms with E-state index in [4.69, 9.17) is 4.99 Å². The molecule has 0 radical (unpaired) electrons. The summed E-state index contributed by atoms with van der Waals surface area (Å²) in [5.41, 5.74) is 2.67. The predicted molar refractivity (Wildman–Crippen MR) is 128 cm³/mol. The largest absolute Gasteiger partial charge is 0.357 e. The van der Waals surface area contributed by atoms with Gasteiger partial charge in [0.15, 0.2) is 5.96 Å². The molecule has 3 rings (SSSR count). The number of benzene rings is 1. The summed E-state index contributed by atoms with van der Waals surface area (Å²) in [5, 5.41) is 6.98. The van der Waals surface area contributed by atoms with E-state index < -0.39 is 0 Å². The fraction of sp³-hybridized carbons (Fsp3) is 0.680. The number of amides is 1. The third-order valence-corrected chi connectivity index (χ3v) is 6.40. The SMILES string of the molecule is CCCCN1CCC(NC(=NCCCC(=O)N2CCc3ccccc3C2)NCC)CC1. The molecule has 6 heteroatoms. The molecule has 0 aromatic heterocycles. The van der Waals surface area contributed by atoms with Gasteiger partial charge in [-0.15, -0.1) is 0 Å². The van der Waals surface area contributed by atoms with Crippen molar-refractivity contribution in [3.8, 4) is 0 Å². The number of likely N-dealkylation sites (tertiary alicyclic amines) is 1. The molecule has 0 atom stereocenters. The Kier molecular flexibility index (Phi) is 9.66. The number of rotatable bonds is 9. The lowest BCUT2D eigenvalue weighted by atomic mass is 9.99. The van der Waals surface area contributed by atoms with Crippen LogP contribution in [0.2, 0.25) is 0 Å². The van der Waals surface area contributed by atoms with Crippen LogP contribution in [0.3, 0.4) is 0 Å². The number of fused-ring (bicyclic) bond motifs is 1. The van der Waals surface area contributed by atoms with Crippen molar-refractivity contribution in [2.45, 2.75) is 71.4 Å². The molecule has 0 saturated carbocycles. The third kappa shape index (κ3) is 7.53. The second-order valence-corrected chi connectivity index (χ2v) is 8.81. The second kappa shape index (κ2) is 12.7. The van der Waals surface area contributed by atoms with E-state index in [2.05, 4.69) is 53.6 Å². The normalized spacial score (nSPS) is 18.0. The Morgan fingerprint density at radius 3 is 2.61 bits per heavy atom. The molecule has 172 valence electrons. The Balaban J connectivity index is 1.38. The van der Waals surface area contributed by atoms with Crippen LogP contribution >= 0.6 is 0 Å². The van der Waals surface area contributed by atoms with Crippen LogP contribution in [0.1, 0.15) is 63.5 Å². The quantitative estimate of drug-likeness (QED) is 0.361. The maximum absolute atomic E-state index is 12.6. The summed E-state index contributed by atoms with van der Waals surface area (Å²) in [6.07, 6.45) is 7.23. The third-order valence-electron chi connectivity index (χ3n) is 6.40. The first-order chi connectivity index (χ1) is 15.2. The van der Waals surface area contributed by atoms with Crippen molar-refractivity contribution < 1.29 is 4.79 Å². The maximum atomic E-state index is 12.6. The van der Waals surface area contributed by atoms with E-state index in [1.165, 1.54) is 56.4 Å². The Hall–Kier alpha value is -2.08. The molecule has 0 aliphatic carbocycles. The van der Waals surface area contributed by atoms with E-state index in [1.807, 2.05) is 4.90 Å². The van der Waals surface area contributed by atoms with Gasteiger partial charge in [-0.1, -0.05) is 37.6 Å². The van der Waals surface area contributed by atoms with Crippen molar-refractivity contribution in [3.63, 3.8) is 0 Å². The number of piperidine rings is 1. The van der Waals surface area contributed by atoms with Crippen molar-refractivity contribution in [3.05, 3.63) is 35.4 Å². The highest BCUT2D eigenvalue weighted by atomic mass is 16.2. The first kappa shape index (κ1) is 23.6. The number of nitrogens with one attached hydrogen (secondary N) is 2. The molecule has 2 N–H and O–H groups in total. The molecule has 1 saturated heterocycles. The zero-order valence-electron chi connectivity index (χ0n) is 19.5. The number of hydrogen-bond donors (Lipinski definition) is 2. The summed E-state index contributed by atoms with van der Waals surface area (Å²) >= 11 is 0. The lowest BCUT2D eigenvalue weighted by molar-refractivity contribution is -0.132. The average Bonchev–Trinajstić information content (AvgIpc) is 2.81. The minimum absolute atomic E-state index is 0.252. The molecule has 1 amide bonds. The van der Waals surface area contributed by atoms with Crippen molar-refractivity contribution in [2.75, 3.05) is 39.3 Å². The molecule has 0 bridgehead atoms. The van der Waals surface area contributed by atoms with Gasteiger partial charge in [0.1, 0.15) is 0 Å². The fourth-order valence-electron chi connectivity index (χ4n) is 4.48. The van der Waals surface area contributed by atoms with Gasteiger partial charge in [-0.3, -0.25) is 9.79 Å². The van der Waals surface area contributed by atoms with Crippen molar-refractivity contribution >= 4 is 11.9 Å². The molecular weight excluding hydrogens is 386 g/mol. The van der Waals surface area contributed by atoms with Gasteiger partial charge in [-0.05, 0) is 56.7 Å². The maximum Gasteiger partial charge on any atom is 0.222 e. The Morgan fingerprint density at radius 2 is 1.87 bits per heavy atom. The number of hydrogen-bond acceptors (Lipinski definition) is 3. The molecule has 1 fully saturated rings. The molecule has 1 aromatic rings. The Labute approximate surface area is 188 Å². The van der Waals surface area contributed by atoms with E-state index in [1.54, 1.807) is 0 Å². The van der Waals surface area contributed by atoms with Gasteiger partial charge in [0.2, 0.25) is 5.91 Å². The summed E-state index contributed by atoms with van der Waals surface area (Å²) in [7, 11) is 0. The second-order valence-electron chi connectivity index (χ2n) is 8.81. The molecule has 6 nitrogen and oxygen atoms in total. The molecule has 0 spiro atoms. The minimum Gasteiger partial charge on any atom is -0.357 e. The summed E-state index contributed by atoms with van der Waals surface area (Å²) in [6, 6.07) is 8.95. The van der Waals surface area contributed by atoms with Crippen LogP contribution in [-0.4, -0.2) is 67.0 Å². The van der Waals surface area contributed by atoms with Crippen LogP contribution in [0, 0.1) is 0 Å². The first-order valence-electron chi connectivity index (χ1n) is 12.3. The fourth-order valence-corrected chi connectivity index (χ4v) is 4.48. The number of nitrogens with zero attached hydrogens (tertiary/aromatic N) is 3. The van der Waals surface area contributed by atoms with Crippen molar-refractivity contribution in [2.24, 2.45) is 4.99 Å². The van der Waals surface area contributed by atoms with Gasteiger partial charge in [-0.25, -0.2) is 0 Å². The van der Waals surface area contributed by atoms with Gasteiger partial charge >= 0.3 is 0 Å². The molecule has 31 heavy (non-hydrogen) atoms. The number of unbranched alkanes of at least 4 members (excludes halogenated alkanes) is 1. The van der Waals surface area contributed by atoms with Gasteiger partial charge in [0.25, 0.3) is 0 Å². The van der Waals surface area contributed by atoms with E-state index in [-0.39, 0.29) is 5.91 Å². The monoisotopic (exact) mass is 427 g/mol. The highest BCUT2D eigenvalue weighted by Gasteiger charge is 2.21. The highest BCUT2D eigenvalue weighted by Crippen LogP contribution is 2.19. The predicted octanol–water partition coefficient (Wildman–Crippen LogP) is 3.17. The summed E-state index contributed by atoms with van der Waals surface area (Å²) in [6.45, 7) is 11.0. The molecule has 2 aliphatic heterocycles. The standard InChI is InChI=1S/C25H41N5O/c1-3-5-16-29-17-13-23(14-18-29)28-25(26-4-2)27-15-8-11-24(31)30-19-12-21-9-6-7-10-22(21)20-30/h6-7,9-10,23H,3-5,8,11-20H2,1-2H3,(H2,26,27,28). The Bertz CT molecular complexity index is 712. The lowest BCUT2D eigenvalue weighted by Crippen LogP contribution is -2.48. The topological polar surface area (TPSA) is 60.0 Å². The van der Waals surface area contributed by atoms with Crippen molar-refractivity contribution in [1.29, 1.82) is 0 Å². The summed E-state index contributed by atoms with van der Waals surface area (Å²) in [5.74, 6) is 1.15. The van der Waals surface area contributed by atoms with Crippen LogP contribution in [0.5, 0.6) is 0 Å². The van der Waals surface area contributed by atoms with Crippen LogP contribution in [0.15, 0.2) is 29.3 Å². The lowest BCUT2D eigenvalue weighted by Gasteiger charge is -2.33. The van der Waals surface area contributed by atoms with Crippen LogP contribution < -0.4 is 10.6 Å². The summed E-state index contributed by atoms with van der Waals surface area (Å²) in [4.78, 5) is 22.0. The molecular formula is C25H41N5O. The Morgan fingerprint density at radius 1 is 1.10 bits per heavy atom. The highest BCUT2D eigenvalue weighted by molar-refractivity contribution is 5.80. The van der Waals surface area contributed by atoms with Crippen LogP contribution in [-0.2, 0) is 17.8 Å². The first-order valence-corrected chi connectivity index (χ1v) is 12.3. The zero-order chi connectivity index (χ0) is 21.9. The average molecular weight is 428 g/mol. The zero-order valence-corrected chi connectivity index (χ0v) is 19.5. The molecule has 0 unspecified atom stereocenters. The van der Waals surface area contributed by atoms with E-state index in [0.717, 1.165) is 38.4 Å². The smallest absolute Gasteiger partial charge is 0.222 e. The van der Waals surface area contributed by atoms with E-state index in [9.17, 15) is 4.79 Å². The van der Waals surface area contributed by atoms with Crippen LogP contribution in [0.4, 0.5) is 0 Å². The summed E-state index contributed by atoms with van der Waals surface area (Å²) < 4.78 is 0. The van der Waals surface area contributed by atoms with Gasteiger partial charge < -0.3 is 20.4 Å². The molecule has 2 heterocycles.